The molecule has 1 fully saturated rings. The van der Waals surface area contributed by atoms with Gasteiger partial charge in [0.1, 0.15) is 5.82 Å². The molecule has 100 valence electrons. The fourth-order valence-electron chi connectivity index (χ4n) is 2.58. The number of aliphatic hydroxyl groups excluding tert-OH is 1. The molecule has 2 rings (SSSR count). The second kappa shape index (κ2) is 6.00. The molecule has 1 aromatic carbocycles. The number of likely N-dealkylation sites (tertiary alicyclic amines) is 1. The van der Waals surface area contributed by atoms with Crippen molar-refractivity contribution in [2.45, 2.75) is 25.8 Å². The third-order valence-electron chi connectivity index (χ3n) is 3.78. The van der Waals surface area contributed by atoms with E-state index in [2.05, 4.69) is 11.8 Å². The summed E-state index contributed by atoms with van der Waals surface area (Å²) < 4.78 is 13.1. The fraction of sp³-hybridized carbons (Fsp3) is 0.571. The predicted octanol–water partition coefficient (Wildman–Crippen LogP) is 3.24. The first-order valence-corrected chi connectivity index (χ1v) is 6.79. The van der Waals surface area contributed by atoms with E-state index in [0.29, 0.717) is 5.92 Å². The van der Waals surface area contributed by atoms with Crippen molar-refractivity contribution >= 4 is 11.6 Å². The zero-order valence-electron chi connectivity index (χ0n) is 10.6. The van der Waals surface area contributed by atoms with Crippen LogP contribution in [0.15, 0.2) is 18.2 Å². The van der Waals surface area contributed by atoms with E-state index < -0.39 is 0 Å². The number of hydrogen-bond acceptors (Lipinski definition) is 2. The van der Waals surface area contributed by atoms with Crippen molar-refractivity contribution in [1.82, 2.24) is 4.90 Å². The minimum Gasteiger partial charge on any atom is -0.396 e. The summed E-state index contributed by atoms with van der Waals surface area (Å²) in [6.07, 6.45) is 2.19. The Labute approximate surface area is 112 Å². The van der Waals surface area contributed by atoms with Crippen LogP contribution in [0.4, 0.5) is 4.39 Å². The highest BCUT2D eigenvalue weighted by Crippen LogP contribution is 2.28. The first-order chi connectivity index (χ1) is 8.61. The second-order valence-corrected chi connectivity index (χ2v) is 5.44. The maximum atomic E-state index is 13.1. The summed E-state index contributed by atoms with van der Waals surface area (Å²) in [5.41, 5.74) is 1.03. The Balaban J connectivity index is 2.10. The average molecular weight is 272 g/mol. The monoisotopic (exact) mass is 271 g/mol. The van der Waals surface area contributed by atoms with Crippen LogP contribution in [0.5, 0.6) is 0 Å². The molecule has 2 unspecified atom stereocenters. The lowest BCUT2D eigenvalue weighted by atomic mass is 9.96. The van der Waals surface area contributed by atoms with Gasteiger partial charge in [0.25, 0.3) is 0 Å². The molecule has 1 aromatic rings. The molecule has 1 aliphatic heterocycles. The van der Waals surface area contributed by atoms with Gasteiger partial charge in [-0.1, -0.05) is 17.7 Å². The Morgan fingerprint density at radius 3 is 3.00 bits per heavy atom. The van der Waals surface area contributed by atoms with Gasteiger partial charge < -0.3 is 5.11 Å². The molecule has 0 radical (unpaired) electrons. The van der Waals surface area contributed by atoms with Crippen LogP contribution in [0.3, 0.4) is 0 Å². The highest BCUT2D eigenvalue weighted by atomic mass is 35.5. The van der Waals surface area contributed by atoms with Gasteiger partial charge in [-0.15, -0.1) is 0 Å². The maximum Gasteiger partial charge on any atom is 0.141 e. The summed E-state index contributed by atoms with van der Waals surface area (Å²) in [4.78, 5) is 2.33. The molecule has 4 heteroatoms. The van der Waals surface area contributed by atoms with Crippen molar-refractivity contribution in [1.29, 1.82) is 0 Å². The summed E-state index contributed by atoms with van der Waals surface area (Å²) in [7, 11) is 0. The van der Waals surface area contributed by atoms with E-state index in [9.17, 15) is 9.50 Å². The highest BCUT2D eigenvalue weighted by molar-refractivity contribution is 6.30. The van der Waals surface area contributed by atoms with Crippen LogP contribution in [0.25, 0.3) is 0 Å². The number of piperidine rings is 1. The predicted molar refractivity (Wildman–Crippen MR) is 71.2 cm³/mol. The maximum absolute atomic E-state index is 13.1. The lowest BCUT2D eigenvalue weighted by molar-refractivity contribution is 0.0935. The molecule has 0 aliphatic carbocycles. The Hall–Kier alpha value is -0.640. The molecule has 0 saturated carbocycles. The van der Waals surface area contributed by atoms with Crippen molar-refractivity contribution in [2.24, 2.45) is 5.92 Å². The molecule has 0 amide bonds. The van der Waals surface area contributed by atoms with E-state index >= 15 is 0 Å². The first kappa shape index (κ1) is 13.8. The molecular weight excluding hydrogens is 253 g/mol. The van der Waals surface area contributed by atoms with Crippen LogP contribution in [-0.2, 0) is 0 Å². The van der Waals surface area contributed by atoms with E-state index in [1.165, 1.54) is 6.07 Å². The Morgan fingerprint density at radius 1 is 1.56 bits per heavy atom. The molecule has 1 N–H and O–H groups in total. The quantitative estimate of drug-likeness (QED) is 0.912. The molecule has 2 atom stereocenters. The van der Waals surface area contributed by atoms with Gasteiger partial charge in [-0.3, -0.25) is 4.90 Å². The summed E-state index contributed by atoms with van der Waals surface area (Å²) in [6.45, 7) is 4.26. The normalized spacial score (nSPS) is 23.0. The van der Waals surface area contributed by atoms with Crippen LogP contribution in [0, 0.1) is 11.7 Å². The number of aliphatic hydroxyl groups is 1. The zero-order chi connectivity index (χ0) is 13.1. The second-order valence-electron chi connectivity index (χ2n) is 5.04. The SMILES string of the molecule is CC(c1ccc(F)c(Cl)c1)N1CCCC(CO)C1. The molecule has 0 bridgehead atoms. The molecule has 18 heavy (non-hydrogen) atoms. The van der Waals surface area contributed by atoms with Crippen molar-refractivity contribution < 1.29 is 9.50 Å². The fourth-order valence-corrected chi connectivity index (χ4v) is 2.77. The van der Waals surface area contributed by atoms with Crippen molar-refractivity contribution in [3.63, 3.8) is 0 Å². The van der Waals surface area contributed by atoms with E-state index in [0.717, 1.165) is 31.5 Å². The lowest BCUT2D eigenvalue weighted by Crippen LogP contribution is -2.38. The molecule has 2 nitrogen and oxygen atoms in total. The van der Waals surface area contributed by atoms with Gasteiger partial charge in [0, 0.05) is 19.2 Å². The number of nitrogens with zero attached hydrogens (tertiary/aromatic N) is 1. The summed E-state index contributed by atoms with van der Waals surface area (Å²) in [5.74, 6) is -0.0170. The third-order valence-corrected chi connectivity index (χ3v) is 4.07. The first-order valence-electron chi connectivity index (χ1n) is 6.41. The minimum atomic E-state index is -0.375. The summed E-state index contributed by atoms with van der Waals surface area (Å²) in [5, 5.41) is 9.42. The number of hydrogen-bond donors (Lipinski definition) is 1. The van der Waals surface area contributed by atoms with E-state index in [1.807, 2.05) is 0 Å². The van der Waals surface area contributed by atoms with Gasteiger partial charge >= 0.3 is 0 Å². The average Bonchev–Trinajstić information content (AvgIpc) is 2.41. The topological polar surface area (TPSA) is 23.5 Å². The largest absolute Gasteiger partial charge is 0.396 e. The van der Waals surface area contributed by atoms with E-state index in [1.54, 1.807) is 12.1 Å². The van der Waals surface area contributed by atoms with Crippen molar-refractivity contribution in [3.8, 4) is 0 Å². The molecule has 1 heterocycles. The minimum absolute atomic E-state index is 0.176. The number of rotatable bonds is 3. The highest BCUT2D eigenvalue weighted by Gasteiger charge is 2.24. The van der Waals surface area contributed by atoms with Gasteiger partial charge in [-0.25, -0.2) is 4.39 Å². The summed E-state index contributed by atoms with van der Waals surface area (Å²) in [6, 6.07) is 5.11. The number of halogens is 2. The molecule has 0 aromatic heterocycles. The standard InChI is InChI=1S/C14H19ClFNO/c1-10(12-4-5-14(16)13(15)7-12)17-6-2-3-11(8-17)9-18/h4-5,7,10-11,18H,2-3,6,8-9H2,1H3. The van der Waals surface area contributed by atoms with E-state index in [-0.39, 0.29) is 23.5 Å². The Morgan fingerprint density at radius 2 is 2.33 bits per heavy atom. The van der Waals surface area contributed by atoms with Crippen LogP contribution >= 0.6 is 11.6 Å². The van der Waals surface area contributed by atoms with Gasteiger partial charge in [-0.05, 0) is 49.9 Å². The van der Waals surface area contributed by atoms with Gasteiger partial charge in [0.15, 0.2) is 0 Å². The Kier molecular flexibility index (Phi) is 4.60. The van der Waals surface area contributed by atoms with Gasteiger partial charge in [0.05, 0.1) is 5.02 Å². The number of benzene rings is 1. The zero-order valence-corrected chi connectivity index (χ0v) is 11.3. The van der Waals surface area contributed by atoms with Gasteiger partial charge in [-0.2, -0.15) is 0 Å². The van der Waals surface area contributed by atoms with Crippen LogP contribution in [-0.4, -0.2) is 29.7 Å². The van der Waals surface area contributed by atoms with Gasteiger partial charge in [0.2, 0.25) is 0 Å². The van der Waals surface area contributed by atoms with Crippen molar-refractivity contribution in [3.05, 3.63) is 34.6 Å². The lowest BCUT2D eigenvalue weighted by Gasteiger charge is -2.36. The molecule has 1 saturated heterocycles. The van der Waals surface area contributed by atoms with Crippen LogP contribution in [0.2, 0.25) is 5.02 Å². The van der Waals surface area contributed by atoms with Crippen molar-refractivity contribution in [2.75, 3.05) is 19.7 Å². The molecule has 0 spiro atoms. The van der Waals surface area contributed by atoms with E-state index in [4.69, 9.17) is 11.6 Å². The Bertz CT molecular complexity index is 413. The summed E-state index contributed by atoms with van der Waals surface area (Å²) >= 11 is 5.82. The van der Waals surface area contributed by atoms with Crippen LogP contribution < -0.4 is 0 Å². The third kappa shape index (κ3) is 3.02. The molecular formula is C14H19ClFNO. The van der Waals surface area contributed by atoms with Crippen LogP contribution in [0.1, 0.15) is 31.4 Å². The molecule has 1 aliphatic rings. The smallest absolute Gasteiger partial charge is 0.141 e.